The number of piperazine rings is 1. The molecule has 9 heteroatoms. The van der Waals surface area contributed by atoms with Gasteiger partial charge in [-0.1, -0.05) is 24.3 Å². The van der Waals surface area contributed by atoms with E-state index in [1.165, 1.54) is 15.6 Å². The van der Waals surface area contributed by atoms with Crippen LogP contribution < -0.4 is 0 Å². The average molecular weight is 459 g/mol. The van der Waals surface area contributed by atoms with Gasteiger partial charge in [0.2, 0.25) is 5.91 Å². The highest BCUT2D eigenvalue weighted by Crippen LogP contribution is 2.23. The Balaban J connectivity index is 1.36. The third-order valence-corrected chi connectivity index (χ3v) is 8.98. The first-order valence-corrected chi connectivity index (χ1v) is 12.6. The summed E-state index contributed by atoms with van der Waals surface area (Å²) in [7, 11) is -3.46. The van der Waals surface area contributed by atoms with Crippen LogP contribution in [0.3, 0.4) is 0 Å². The van der Waals surface area contributed by atoms with Crippen molar-refractivity contribution in [2.24, 2.45) is 0 Å². The maximum atomic E-state index is 12.8. The predicted molar refractivity (Wildman–Crippen MR) is 121 cm³/mol. The van der Waals surface area contributed by atoms with Crippen molar-refractivity contribution in [3.05, 3.63) is 64.8 Å². The van der Waals surface area contributed by atoms with Gasteiger partial charge in [-0.05, 0) is 49.4 Å². The molecule has 3 aromatic rings. The largest absolute Gasteiger partial charge is 0.340 e. The summed E-state index contributed by atoms with van der Waals surface area (Å²) < 4.78 is 29.1. The number of aromatic nitrogens is 2. The molecule has 0 saturated carbocycles. The smallest absolute Gasteiger partial charge is 0.252 e. The van der Waals surface area contributed by atoms with Gasteiger partial charge in [0, 0.05) is 38.3 Å². The Kier molecular flexibility index (Phi) is 6.27. The molecule has 0 N–H and O–H groups in total. The molecule has 1 saturated heterocycles. The number of aryl methyl sites for hydroxylation is 1. The van der Waals surface area contributed by atoms with Crippen molar-refractivity contribution in [3.63, 3.8) is 0 Å². The number of rotatable bonds is 6. The maximum Gasteiger partial charge on any atom is 0.252 e. The fraction of sp³-hybridized carbons (Fsp3) is 0.364. The molecule has 0 aliphatic carbocycles. The number of amides is 1. The van der Waals surface area contributed by atoms with Crippen LogP contribution >= 0.6 is 11.3 Å². The van der Waals surface area contributed by atoms with Crippen molar-refractivity contribution >= 4 is 27.3 Å². The van der Waals surface area contributed by atoms with Crippen molar-refractivity contribution in [2.45, 2.75) is 30.9 Å². The molecule has 1 aliphatic rings. The molecule has 4 rings (SSSR count). The third kappa shape index (κ3) is 4.44. The summed E-state index contributed by atoms with van der Waals surface area (Å²) >= 11 is 1.22. The molecular weight excluding hydrogens is 432 g/mol. The van der Waals surface area contributed by atoms with E-state index in [1.807, 2.05) is 48.9 Å². The number of nitrogens with zero attached hydrogens (tertiary/aromatic N) is 4. The van der Waals surface area contributed by atoms with Crippen LogP contribution in [-0.2, 0) is 21.2 Å². The van der Waals surface area contributed by atoms with Crippen LogP contribution in [-0.4, -0.2) is 59.5 Å². The quantitative estimate of drug-likeness (QED) is 0.569. The van der Waals surface area contributed by atoms with E-state index in [-0.39, 0.29) is 5.91 Å². The zero-order valence-electron chi connectivity index (χ0n) is 17.7. The molecule has 1 aromatic carbocycles. The highest BCUT2D eigenvalue weighted by Gasteiger charge is 2.30. The minimum Gasteiger partial charge on any atom is -0.340 e. The highest BCUT2D eigenvalue weighted by atomic mass is 32.2. The topological polar surface area (TPSA) is 75.5 Å². The van der Waals surface area contributed by atoms with Crippen LogP contribution in [0.2, 0.25) is 0 Å². The standard InChI is InChI=1S/C22H26N4O3S2/c1-17-20(18(2)26(23-17)19-7-4-3-5-8-19)10-11-21(27)24-12-14-25(15-13-24)31(28,29)22-9-6-16-30-22/h3-9,16H,10-15H2,1-2H3. The minimum atomic E-state index is -3.46. The predicted octanol–water partition coefficient (Wildman–Crippen LogP) is 3.02. The van der Waals surface area contributed by atoms with Crippen molar-refractivity contribution in [3.8, 4) is 5.69 Å². The first-order valence-electron chi connectivity index (χ1n) is 10.3. The Morgan fingerprint density at radius 1 is 1.03 bits per heavy atom. The normalized spacial score (nSPS) is 15.4. The molecule has 1 amide bonds. The van der Waals surface area contributed by atoms with Crippen LogP contribution in [0.5, 0.6) is 0 Å². The van der Waals surface area contributed by atoms with E-state index in [0.29, 0.717) is 43.2 Å². The van der Waals surface area contributed by atoms with E-state index < -0.39 is 10.0 Å². The summed E-state index contributed by atoms with van der Waals surface area (Å²) in [5.41, 5.74) is 4.07. The Bertz CT molecular complexity index is 1150. The summed E-state index contributed by atoms with van der Waals surface area (Å²) in [4.78, 5) is 14.6. The number of sulfonamides is 1. The molecule has 3 heterocycles. The van der Waals surface area contributed by atoms with Gasteiger partial charge in [0.1, 0.15) is 4.21 Å². The summed E-state index contributed by atoms with van der Waals surface area (Å²) in [6, 6.07) is 13.3. The van der Waals surface area contributed by atoms with E-state index in [9.17, 15) is 13.2 Å². The molecular formula is C22H26N4O3S2. The summed E-state index contributed by atoms with van der Waals surface area (Å²) in [6.45, 7) is 5.50. The fourth-order valence-electron chi connectivity index (χ4n) is 3.96. The lowest BCUT2D eigenvalue weighted by Crippen LogP contribution is -2.50. The van der Waals surface area contributed by atoms with E-state index in [0.717, 1.165) is 22.6 Å². The van der Waals surface area contributed by atoms with Gasteiger partial charge in [0.05, 0.1) is 11.4 Å². The van der Waals surface area contributed by atoms with E-state index in [4.69, 9.17) is 0 Å². The van der Waals surface area contributed by atoms with Crippen LogP contribution in [0.25, 0.3) is 5.69 Å². The number of para-hydroxylation sites is 1. The highest BCUT2D eigenvalue weighted by molar-refractivity contribution is 7.91. The number of thiophene rings is 1. The van der Waals surface area contributed by atoms with E-state index >= 15 is 0 Å². The molecule has 7 nitrogen and oxygen atoms in total. The Morgan fingerprint density at radius 3 is 2.39 bits per heavy atom. The van der Waals surface area contributed by atoms with Crippen molar-refractivity contribution < 1.29 is 13.2 Å². The van der Waals surface area contributed by atoms with Crippen molar-refractivity contribution in [1.29, 1.82) is 0 Å². The lowest BCUT2D eigenvalue weighted by Gasteiger charge is -2.33. The summed E-state index contributed by atoms with van der Waals surface area (Å²) in [5, 5.41) is 6.41. The molecule has 0 unspecified atom stereocenters. The molecule has 1 aliphatic heterocycles. The molecule has 1 fully saturated rings. The molecule has 0 spiro atoms. The first-order chi connectivity index (χ1) is 14.9. The summed E-state index contributed by atoms with van der Waals surface area (Å²) in [5.74, 6) is 0.0550. The van der Waals surface area contributed by atoms with Crippen LogP contribution in [0, 0.1) is 13.8 Å². The van der Waals surface area contributed by atoms with Crippen LogP contribution in [0.15, 0.2) is 52.1 Å². The molecule has 164 valence electrons. The van der Waals surface area contributed by atoms with Crippen molar-refractivity contribution in [1.82, 2.24) is 19.0 Å². The van der Waals surface area contributed by atoms with Gasteiger partial charge in [-0.2, -0.15) is 9.40 Å². The Morgan fingerprint density at radius 2 is 1.74 bits per heavy atom. The molecule has 31 heavy (non-hydrogen) atoms. The zero-order valence-corrected chi connectivity index (χ0v) is 19.3. The SMILES string of the molecule is Cc1nn(-c2ccccc2)c(C)c1CCC(=O)N1CCN(S(=O)(=O)c2cccs2)CC1. The lowest BCUT2D eigenvalue weighted by molar-refractivity contribution is -0.132. The molecule has 0 bridgehead atoms. The van der Waals surface area contributed by atoms with Gasteiger partial charge in [-0.25, -0.2) is 13.1 Å². The number of hydrogen-bond acceptors (Lipinski definition) is 5. The van der Waals surface area contributed by atoms with Gasteiger partial charge in [-0.15, -0.1) is 11.3 Å². The third-order valence-electron chi connectivity index (χ3n) is 5.71. The van der Waals surface area contributed by atoms with E-state index in [2.05, 4.69) is 5.10 Å². The second-order valence-electron chi connectivity index (χ2n) is 7.61. The van der Waals surface area contributed by atoms with Gasteiger partial charge < -0.3 is 4.90 Å². The second kappa shape index (κ2) is 8.94. The lowest BCUT2D eigenvalue weighted by atomic mass is 10.1. The number of carbonyl (C=O) groups excluding carboxylic acids is 1. The van der Waals surface area contributed by atoms with Gasteiger partial charge in [-0.3, -0.25) is 4.79 Å². The van der Waals surface area contributed by atoms with Gasteiger partial charge in [0.25, 0.3) is 10.0 Å². The second-order valence-corrected chi connectivity index (χ2v) is 10.7. The number of benzene rings is 1. The van der Waals surface area contributed by atoms with Gasteiger partial charge in [0.15, 0.2) is 0 Å². The van der Waals surface area contributed by atoms with Gasteiger partial charge >= 0.3 is 0 Å². The zero-order chi connectivity index (χ0) is 22.0. The molecule has 0 atom stereocenters. The minimum absolute atomic E-state index is 0.0550. The van der Waals surface area contributed by atoms with Crippen LogP contribution in [0.1, 0.15) is 23.4 Å². The number of carbonyl (C=O) groups is 1. The average Bonchev–Trinajstić information content (AvgIpc) is 3.42. The van der Waals surface area contributed by atoms with E-state index in [1.54, 1.807) is 22.4 Å². The van der Waals surface area contributed by atoms with Crippen LogP contribution in [0.4, 0.5) is 0 Å². The molecule has 0 radical (unpaired) electrons. The molecule has 2 aromatic heterocycles. The Hall–Kier alpha value is -2.49. The maximum absolute atomic E-state index is 12.8. The Labute approximate surface area is 187 Å². The first kappa shape index (κ1) is 21.7. The van der Waals surface area contributed by atoms with Crippen molar-refractivity contribution in [2.75, 3.05) is 26.2 Å². The fourth-order valence-corrected chi connectivity index (χ4v) is 6.53. The number of hydrogen-bond donors (Lipinski definition) is 0. The monoisotopic (exact) mass is 458 g/mol. The summed E-state index contributed by atoms with van der Waals surface area (Å²) in [6.07, 6.45) is 1.01.